The Morgan fingerprint density at radius 1 is 1.58 bits per heavy atom. The number of hydrogen-bond donors (Lipinski definition) is 2. The van der Waals surface area contributed by atoms with Gasteiger partial charge in [-0.05, 0) is 13.0 Å². The molecule has 0 heterocycles. The first-order valence-electron chi connectivity index (χ1n) is 4.03. The summed E-state index contributed by atoms with van der Waals surface area (Å²) in [6, 6.07) is 0. The van der Waals surface area contributed by atoms with Gasteiger partial charge in [0.1, 0.15) is 0 Å². The second kappa shape index (κ2) is 5.93. The number of carbonyl (C=O) groups excluding carboxylic acids is 1. The van der Waals surface area contributed by atoms with Gasteiger partial charge >= 0.3 is 0 Å². The number of carbonyl (C=O) groups is 1. The molecule has 12 heavy (non-hydrogen) atoms. The standard InChI is InChI=1S/C7H17N3O2/c1-9(2)10(5-3-4-8)6-7(11)12/h3-6,8H2,1-2H3,(H,11,12). The molecule has 0 saturated carbocycles. The molecule has 0 aliphatic carbocycles. The summed E-state index contributed by atoms with van der Waals surface area (Å²) >= 11 is 0. The molecule has 0 unspecified atom stereocenters. The minimum absolute atomic E-state index is 0.0394. The van der Waals surface area contributed by atoms with Crippen molar-refractivity contribution in [1.82, 2.24) is 5.01 Å². The van der Waals surface area contributed by atoms with Crippen molar-refractivity contribution in [3.05, 3.63) is 0 Å². The number of carboxylic acid groups (broad SMARTS) is 1. The average Bonchev–Trinajstić information content (AvgIpc) is 1.96. The Balaban J connectivity index is 3.78. The van der Waals surface area contributed by atoms with E-state index in [1.54, 1.807) is 5.01 Å². The summed E-state index contributed by atoms with van der Waals surface area (Å²) in [6.07, 6.45) is 0.804. The van der Waals surface area contributed by atoms with Crippen LogP contribution in [0.3, 0.4) is 0 Å². The molecule has 0 fully saturated rings. The van der Waals surface area contributed by atoms with E-state index in [9.17, 15) is 9.90 Å². The predicted molar refractivity (Wildman–Crippen MR) is 43.1 cm³/mol. The van der Waals surface area contributed by atoms with E-state index in [1.807, 2.05) is 14.1 Å². The highest BCUT2D eigenvalue weighted by Crippen LogP contribution is 1.79. The van der Waals surface area contributed by atoms with E-state index in [0.29, 0.717) is 13.1 Å². The van der Waals surface area contributed by atoms with Crippen LogP contribution in [0.1, 0.15) is 6.42 Å². The van der Waals surface area contributed by atoms with Crippen molar-refractivity contribution >= 4 is 5.97 Å². The smallest absolute Gasteiger partial charge is 0.0870 e. The van der Waals surface area contributed by atoms with Crippen LogP contribution in [0.25, 0.3) is 0 Å². The van der Waals surface area contributed by atoms with Crippen LogP contribution < -0.4 is 15.8 Å². The Kier molecular flexibility index (Phi) is 5.61. The van der Waals surface area contributed by atoms with E-state index in [4.69, 9.17) is 5.73 Å². The van der Waals surface area contributed by atoms with Crippen molar-refractivity contribution in [1.29, 1.82) is 0 Å². The van der Waals surface area contributed by atoms with Gasteiger partial charge in [-0.1, -0.05) is 0 Å². The number of nitrogens with zero attached hydrogens (tertiary/aromatic N) is 1. The van der Waals surface area contributed by atoms with Gasteiger partial charge in [0.05, 0.1) is 26.6 Å². The second-order valence-electron chi connectivity index (χ2n) is 2.88. The number of hydrogen-bond acceptors (Lipinski definition) is 4. The zero-order valence-electron chi connectivity index (χ0n) is 7.67. The maximum atomic E-state index is 10.3. The van der Waals surface area contributed by atoms with E-state index in [0.717, 1.165) is 11.4 Å². The maximum Gasteiger partial charge on any atom is 0.0870 e. The first-order chi connectivity index (χ1) is 5.57. The SMILES string of the molecule is C[NH+](C)N(CCCN)CC(=O)[O-]. The third-order valence-corrected chi connectivity index (χ3v) is 1.58. The molecule has 0 aromatic rings. The third kappa shape index (κ3) is 5.06. The first-order valence-corrected chi connectivity index (χ1v) is 4.03. The van der Waals surface area contributed by atoms with E-state index >= 15 is 0 Å². The van der Waals surface area contributed by atoms with Crippen LogP contribution in [0.2, 0.25) is 0 Å². The van der Waals surface area contributed by atoms with Gasteiger partial charge in [0.15, 0.2) is 0 Å². The van der Waals surface area contributed by atoms with Crippen molar-refractivity contribution in [2.24, 2.45) is 5.73 Å². The van der Waals surface area contributed by atoms with Crippen LogP contribution in [-0.2, 0) is 4.79 Å². The fourth-order valence-corrected chi connectivity index (χ4v) is 0.899. The molecular formula is C7H17N3O2. The van der Waals surface area contributed by atoms with Crippen LogP contribution in [-0.4, -0.2) is 44.7 Å². The van der Waals surface area contributed by atoms with E-state index < -0.39 is 5.97 Å². The van der Waals surface area contributed by atoms with Crippen LogP contribution in [0.4, 0.5) is 0 Å². The Labute approximate surface area is 72.7 Å². The fraction of sp³-hybridized carbons (Fsp3) is 0.857. The van der Waals surface area contributed by atoms with E-state index in [2.05, 4.69) is 0 Å². The van der Waals surface area contributed by atoms with Gasteiger partial charge < -0.3 is 15.6 Å². The lowest BCUT2D eigenvalue weighted by atomic mass is 10.4. The molecule has 0 bridgehead atoms. The van der Waals surface area contributed by atoms with Crippen molar-refractivity contribution in [3.8, 4) is 0 Å². The molecule has 0 aromatic heterocycles. The van der Waals surface area contributed by atoms with Crippen molar-refractivity contribution < 1.29 is 14.9 Å². The third-order valence-electron chi connectivity index (χ3n) is 1.58. The molecule has 0 aromatic carbocycles. The van der Waals surface area contributed by atoms with Crippen LogP contribution >= 0.6 is 0 Å². The van der Waals surface area contributed by atoms with Gasteiger partial charge in [0.2, 0.25) is 0 Å². The molecule has 5 heteroatoms. The minimum Gasteiger partial charge on any atom is -0.549 e. The summed E-state index contributed by atoms with van der Waals surface area (Å²) in [6.45, 7) is 1.23. The number of aliphatic carboxylic acids is 1. The number of quaternary nitrogens is 1. The van der Waals surface area contributed by atoms with Gasteiger partial charge in [-0.15, -0.1) is 0 Å². The summed E-state index contributed by atoms with van der Waals surface area (Å²) in [5, 5.41) is 13.0. The number of carboxylic acids is 1. The zero-order chi connectivity index (χ0) is 9.56. The quantitative estimate of drug-likeness (QED) is 0.410. The molecule has 72 valence electrons. The molecule has 0 radical (unpaired) electrons. The lowest BCUT2D eigenvalue weighted by molar-refractivity contribution is -0.981. The fourth-order valence-electron chi connectivity index (χ4n) is 0.899. The molecule has 0 amide bonds. The Bertz CT molecular complexity index is 139. The van der Waals surface area contributed by atoms with Crippen LogP contribution in [0, 0.1) is 0 Å². The highest BCUT2D eigenvalue weighted by Gasteiger charge is 2.09. The summed E-state index contributed by atoms with van der Waals surface area (Å²) in [5.74, 6) is -1.05. The average molecular weight is 175 g/mol. The van der Waals surface area contributed by atoms with E-state index in [-0.39, 0.29) is 6.54 Å². The first kappa shape index (κ1) is 11.4. The van der Waals surface area contributed by atoms with Crippen molar-refractivity contribution in [2.45, 2.75) is 6.42 Å². The molecule has 0 aliphatic heterocycles. The van der Waals surface area contributed by atoms with Gasteiger partial charge in [0.25, 0.3) is 0 Å². The number of nitrogens with two attached hydrogens (primary N) is 1. The van der Waals surface area contributed by atoms with Gasteiger partial charge in [-0.3, -0.25) is 5.01 Å². The number of nitrogens with one attached hydrogen (secondary N) is 1. The number of rotatable bonds is 6. The molecule has 0 atom stereocenters. The van der Waals surface area contributed by atoms with Gasteiger partial charge in [0, 0.05) is 6.54 Å². The molecule has 3 N–H and O–H groups in total. The molecule has 0 aliphatic rings. The van der Waals surface area contributed by atoms with E-state index in [1.165, 1.54) is 0 Å². The van der Waals surface area contributed by atoms with Crippen LogP contribution in [0.5, 0.6) is 0 Å². The second-order valence-corrected chi connectivity index (χ2v) is 2.88. The molecule has 5 nitrogen and oxygen atoms in total. The Morgan fingerprint density at radius 2 is 2.17 bits per heavy atom. The predicted octanol–water partition coefficient (Wildman–Crippen LogP) is -3.55. The van der Waals surface area contributed by atoms with Crippen molar-refractivity contribution in [3.63, 3.8) is 0 Å². The Hall–Kier alpha value is -0.650. The summed E-state index contributed by atoms with van der Waals surface area (Å²) < 4.78 is 0. The normalized spacial score (nSPS) is 11.1. The summed E-state index contributed by atoms with van der Waals surface area (Å²) in [7, 11) is 3.75. The zero-order valence-corrected chi connectivity index (χ0v) is 7.67. The lowest BCUT2D eigenvalue weighted by Gasteiger charge is -2.24. The molecular weight excluding hydrogens is 158 g/mol. The molecule has 0 saturated heterocycles. The lowest BCUT2D eigenvalue weighted by Crippen LogP contribution is -3.13. The Morgan fingerprint density at radius 3 is 2.50 bits per heavy atom. The molecule has 0 spiro atoms. The van der Waals surface area contributed by atoms with Crippen LogP contribution in [0.15, 0.2) is 0 Å². The highest BCUT2D eigenvalue weighted by molar-refractivity contribution is 5.66. The summed E-state index contributed by atoms with van der Waals surface area (Å²) in [5.41, 5.74) is 5.31. The van der Waals surface area contributed by atoms with Gasteiger partial charge in [-0.2, -0.15) is 5.01 Å². The highest BCUT2D eigenvalue weighted by atomic mass is 16.4. The molecule has 0 rings (SSSR count). The summed E-state index contributed by atoms with van der Waals surface area (Å²) in [4.78, 5) is 10.3. The topological polar surface area (TPSA) is 73.8 Å². The monoisotopic (exact) mass is 175 g/mol. The maximum absolute atomic E-state index is 10.3. The largest absolute Gasteiger partial charge is 0.549 e. The minimum atomic E-state index is -1.05. The van der Waals surface area contributed by atoms with Gasteiger partial charge in [-0.25, -0.2) is 0 Å². The van der Waals surface area contributed by atoms with Crippen molar-refractivity contribution in [2.75, 3.05) is 33.7 Å².